The molecule has 0 radical (unpaired) electrons. The van der Waals surface area contributed by atoms with E-state index in [0.717, 1.165) is 0 Å². The highest BCUT2D eigenvalue weighted by Gasteiger charge is 2.49. The molecular weight excluding hydrogens is 479 g/mol. The summed E-state index contributed by atoms with van der Waals surface area (Å²) in [5.41, 5.74) is -6.46. The monoisotopic (exact) mass is 493 g/mol. The van der Waals surface area contributed by atoms with Gasteiger partial charge >= 0.3 is 25.7 Å². The fraction of sp³-hybridized carbons (Fsp3) is 0.235. The molecule has 1 aromatic carbocycles. The van der Waals surface area contributed by atoms with Crippen LogP contribution in [-0.2, 0) is 28.8 Å². The number of oxime groups is 2. The molecule has 0 aromatic heterocycles. The van der Waals surface area contributed by atoms with Crippen LogP contribution in [0.15, 0.2) is 52.8 Å². The number of allylic oxidation sites excluding steroid dienone is 4. The number of ether oxygens (including phenoxy) is 1. The summed E-state index contributed by atoms with van der Waals surface area (Å²) >= 11 is 0. The fourth-order valence-corrected chi connectivity index (χ4v) is 2.81. The van der Waals surface area contributed by atoms with Gasteiger partial charge < -0.3 is 4.74 Å². The van der Waals surface area contributed by atoms with E-state index in [2.05, 4.69) is 18.9 Å². The number of rotatable bonds is 7. The van der Waals surface area contributed by atoms with Crippen molar-refractivity contribution < 1.29 is 43.3 Å². The molecule has 10 nitrogen and oxygen atoms in total. The Hall–Kier alpha value is -3.38. The van der Waals surface area contributed by atoms with Crippen LogP contribution in [0.4, 0.5) is 13.2 Å². The molecule has 0 amide bonds. The Morgan fingerprint density at radius 2 is 1.75 bits per heavy atom. The number of halogens is 3. The Kier molecular flexibility index (Phi) is 7.31. The smallest absolute Gasteiger partial charge is 0.497 e. The zero-order valence-electron chi connectivity index (χ0n) is 16.3. The maximum Gasteiger partial charge on any atom is 0.536 e. The minimum Gasteiger partial charge on any atom is -0.497 e. The van der Waals surface area contributed by atoms with Crippen molar-refractivity contribution in [3.8, 4) is 11.8 Å². The highest BCUT2D eigenvalue weighted by atomic mass is 32.2. The number of hydrogen-bond acceptors (Lipinski definition) is 10. The van der Waals surface area contributed by atoms with Gasteiger partial charge in [-0.15, -0.1) is 0 Å². The van der Waals surface area contributed by atoms with E-state index in [-0.39, 0.29) is 5.57 Å². The van der Waals surface area contributed by atoms with Crippen LogP contribution in [-0.4, -0.2) is 47.1 Å². The summed E-state index contributed by atoms with van der Waals surface area (Å²) in [7, 11) is -8.82. The summed E-state index contributed by atoms with van der Waals surface area (Å²) in [6, 6.07) is 7.56. The van der Waals surface area contributed by atoms with Crippen molar-refractivity contribution >= 4 is 37.2 Å². The molecule has 1 atom stereocenters. The van der Waals surface area contributed by atoms with E-state index in [1.165, 1.54) is 49.6 Å². The van der Waals surface area contributed by atoms with Crippen molar-refractivity contribution in [2.24, 2.45) is 16.2 Å². The summed E-state index contributed by atoms with van der Waals surface area (Å²) in [6.45, 7) is 0. The maximum atomic E-state index is 12.7. The van der Waals surface area contributed by atoms with Crippen LogP contribution in [0.1, 0.15) is 5.56 Å². The molecule has 0 saturated carbocycles. The first-order valence-corrected chi connectivity index (χ1v) is 11.5. The Labute approximate surface area is 181 Å². The quantitative estimate of drug-likeness (QED) is 0.320. The molecule has 1 aliphatic carbocycles. The number of alkyl halides is 3. The normalized spacial score (nSPS) is 18.6. The Balaban J connectivity index is 2.60. The van der Waals surface area contributed by atoms with Crippen LogP contribution in [0.5, 0.6) is 5.75 Å². The van der Waals surface area contributed by atoms with Gasteiger partial charge in [0.15, 0.2) is 5.71 Å². The number of benzene rings is 1. The van der Waals surface area contributed by atoms with Crippen molar-refractivity contribution in [1.82, 2.24) is 0 Å². The van der Waals surface area contributed by atoms with E-state index < -0.39 is 43.1 Å². The molecule has 1 unspecified atom stereocenters. The maximum absolute atomic E-state index is 12.7. The summed E-state index contributed by atoms with van der Waals surface area (Å²) in [4.78, 5) is 0. The predicted octanol–water partition coefficient (Wildman–Crippen LogP) is 2.34. The highest BCUT2D eigenvalue weighted by molar-refractivity contribution is 7.87. The van der Waals surface area contributed by atoms with Gasteiger partial charge in [-0.25, -0.2) is 0 Å². The van der Waals surface area contributed by atoms with Crippen molar-refractivity contribution in [2.45, 2.75) is 5.51 Å². The summed E-state index contributed by atoms with van der Waals surface area (Å²) in [5, 5.41) is 15.7. The van der Waals surface area contributed by atoms with Crippen molar-refractivity contribution in [1.29, 1.82) is 5.26 Å². The average Bonchev–Trinajstić information content (AvgIpc) is 2.71. The van der Waals surface area contributed by atoms with Gasteiger partial charge in [-0.2, -0.15) is 35.3 Å². The molecule has 1 aliphatic rings. The lowest BCUT2D eigenvalue weighted by atomic mass is 9.85. The molecule has 172 valence electrons. The zero-order chi connectivity index (χ0) is 24.2. The molecule has 1 aromatic rings. The molecule has 0 saturated heterocycles. The van der Waals surface area contributed by atoms with E-state index in [1.54, 1.807) is 6.07 Å². The van der Waals surface area contributed by atoms with Crippen LogP contribution < -0.4 is 4.74 Å². The average molecular weight is 493 g/mol. The number of hydrogen-bond donors (Lipinski definition) is 0. The van der Waals surface area contributed by atoms with Gasteiger partial charge in [0, 0.05) is 5.57 Å². The van der Waals surface area contributed by atoms with Crippen LogP contribution >= 0.6 is 0 Å². The first-order chi connectivity index (χ1) is 14.8. The fourth-order valence-electron chi connectivity index (χ4n) is 2.33. The number of nitriles is 1. The van der Waals surface area contributed by atoms with E-state index in [9.17, 15) is 35.3 Å². The van der Waals surface area contributed by atoms with Crippen LogP contribution in [0, 0.1) is 17.2 Å². The standard InChI is InChI=1S/C17H14F3N3O7S2/c1-28-12-8-6-11(7-9-12)13-4-3-5-14(15(10-21)22-29-31(2,24)25)16(13)23-30-32(26,27)17(18,19)20/h3-9,14H,1-2H3. The first kappa shape index (κ1) is 24.9. The summed E-state index contributed by atoms with van der Waals surface area (Å²) < 4.78 is 96.1. The van der Waals surface area contributed by atoms with Crippen molar-refractivity contribution in [3.63, 3.8) is 0 Å². The lowest BCUT2D eigenvalue weighted by Crippen LogP contribution is -2.28. The molecular formula is C17H14F3N3O7S2. The highest BCUT2D eigenvalue weighted by Crippen LogP contribution is 2.30. The van der Waals surface area contributed by atoms with Gasteiger partial charge in [0.2, 0.25) is 0 Å². The topological polar surface area (TPSA) is 144 Å². The summed E-state index contributed by atoms with van der Waals surface area (Å²) in [5.74, 6) is -0.945. The lowest BCUT2D eigenvalue weighted by molar-refractivity contribution is -0.0540. The minimum atomic E-state index is -6.11. The minimum absolute atomic E-state index is 0.0693. The molecule has 0 bridgehead atoms. The molecule has 2 rings (SSSR count). The molecule has 0 heterocycles. The van der Waals surface area contributed by atoms with E-state index >= 15 is 0 Å². The lowest BCUT2D eigenvalue weighted by Gasteiger charge is -2.20. The third kappa shape index (κ3) is 6.08. The van der Waals surface area contributed by atoms with Gasteiger partial charge in [0.05, 0.1) is 19.3 Å². The zero-order valence-corrected chi connectivity index (χ0v) is 17.9. The van der Waals surface area contributed by atoms with Crippen LogP contribution in [0.3, 0.4) is 0 Å². The Bertz CT molecular complexity index is 1240. The van der Waals surface area contributed by atoms with Gasteiger partial charge in [-0.3, -0.25) is 8.57 Å². The Morgan fingerprint density at radius 3 is 2.25 bits per heavy atom. The largest absolute Gasteiger partial charge is 0.536 e. The van der Waals surface area contributed by atoms with Crippen molar-refractivity contribution in [3.05, 3.63) is 48.1 Å². The first-order valence-electron chi connectivity index (χ1n) is 8.27. The Morgan fingerprint density at radius 1 is 1.12 bits per heavy atom. The number of nitrogens with zero attached hydrogens (tertiary/aromatic N) is 3. The molecule has 0 aliphatic heterocycles. The molecule has 32 heavy (non-hydrogen) atoms. The van der Waals surface area contributed by atoms with E-state index in [0.29, 0.717) is 17.6 Å². The van der Waals surface area contributed by atoms with Gasteiger partial charge in [-0.05, 0) is 17.7 Å². The SMILES string of the molecule is COc1ccc(C2=CC=CC(C(C#N)=NOS(C)(=O)=O)C2=NOS(=O)(=O)C(F)(F)F)cc1. The third-order valence-corrected chi connectivity index (χ3v) is 4.92. The van der Waals surface area contributed by atoms with E-state index in [4.69, 9.17) is 4.74 Å². The van der Waals surface area contributed by atoms with Gasteiger partial charge in [0.1, 0.15) is 17.5 Å². The molecule has 15 heteroatoms. The second kappa shape index (κ2) is 9.40. The molecule has 0 N–H and O–H groups in total. The van der Waals surface area contributed by atoms with Crippen LogP contribution in [0.25, 0.3) is 5.57 Å². The second-order valence-corrected chi connectivity index (χ2v) is 9.07. The predicted molar refractivity (Wildman–Crippen MR) is 106 cm³/mol. The second-order valence-electron chi connectivity index (χ2n) is 5.99. The molecule has 0 spiro atoms. The van der Waals surface area contributed by atoms with Gasteiger partial charge in [0.25, 0.3) is 0 Å². The van der Waals surface area contributed by atoms with Crippen LogP contribution in [0.2, 0.25) is 0 Å². The van der Waals surface area contributed by atoms with Crippen molar-refractivity contribution in [2.75, 3.05) is 13.4 Å². The summed E-state index contributed by atoms with van der Waals surface area (Å²) in [6.07, 6.45) is 4.62. The number of methoxy groups -OCH3 is 1. The van der Waals surface area contributed by atoms with Gasteiger partial charge in [-0.1, -0.05) is 40.7 Å². The third-order valence-electron chi connectivity index (χ3n) is 3.74. The molecule has 0 fully saturated rings. The van der Waals surface area contributed by atoms with E-state index in [1.807, 2.05) is 0 Å².